The Morgan fingerprint density at radius 1 is 1.23 bits per heavy atom. The standard InChI is InChI=1S/C20H30N6O3.H2O/c1-2-28-19(27)16-26-20(22-23-24-26)21-10-7-13-29-18-9-6-8-17(14-18)15-25-11-4-3-5-12-25;/h6,8-9,14H,2-5,7,10-13,15-16H2,1H3,(H,21,22,24);1H2. The second-order valence-electron chi connectivity index (χ2n) is 7.08. The number of benzene rings is 1. The van der Waals surface area contributed by atoms with Crippen molar-refractivity contribution in [2.24, 2.45) is 0 Å². The molecule has 166 valence electrons. The molecule has 2 aromatic rings. The maximum Gasteiger partial charge on any atom is 0.327 e. The van der Waals surface area contributed by atoms with Gasteiger partial charge in [0.1, 0.15) is 12.3 Å². The van der Waals surface area contributed by atoms with Crippen LogP contribution in [0.3, 0.4) is 0 Å². The van der Waals surface area contributed by atoms with E-state index in [9.17, 15) is 4.79 Å². The maximum absolute atomic E-state index is 11.6. The molecule has 30 heavy (non-hydrogen) atoms. The van der Waals surface area contributed by atoms with Crippen molar-refractivity contribution >= 4 is 11.9 Å². The number of anilines is 1. The Morgan fingerprint density at radius 3 is 2.87 bits per heavy atom. The molecule has 1 fully saturated rings. The van der Waals surface area contributed by atoms with Crippen molar-refractivity contribution in [1.29, 1.82) is 0 Å². The summed E-state index contributed by atoms with van der Waals surface area (Å²) in [6.45, 7) is 6.67. The van der Waals surface area contributed by atoms with Crippen LogP contribution >= 0.6 is 0 Å². The van der Waals surface area contributed by atoms with E-state index in [1.807, 2.05) is 6.07 Å². The van der Waals surface area contributed by atoms with Crippen LogP contribution in [-0.4, -0.2) is 69.4 Å². The first kappa shape index (κ1) is 23.6. The fourth-order valence-electron chi connectivity index (χ4n) is 3.34. The van der Waals surface area contributed by atoms with Gasteiger partial charge in [0.2, 0.25) is 5.95 Å². The lowest BCUT2D eigenvalue weighted by molar-refractivity contribution is -0.144. The molecule has 0 unspecified atom stereocenters. The van der Waals surface area contributed by atoms with Gasteiger partial charge in [0.15, 0.2) is 0 Å². The number of ether oxygens (including phenoxy) is 2. The van der Waals surface area contributed by atoms with Gasteiger partial charge in [-0.15, -0.1) is 0 Å². The molecule has 0 saturated carbocycles. The molecule has 0 spiro atoms. The molecular formula is C20H32N6O4. The molecule has 0 atom stereocenters. The van der Waals surface area contributed by atoms with Crippen LogP contribution in [0.15, 0.2) is 24.3 Å². The van der Waals surface area contributed by atoms with Gasteiger partial charge in [0, 0.05) is 13.1 Å². The summed E-state index contributed by atoms with van der Waals surface area (Å²) in [6.07, 6.45) is 4.73. The topological polar surface area (TPSA) is 126 Å². The Morgan fingerprint density at radius 2 is 2.07 bits per heavy atom. The molecule has 0 aliphatic carbocycles. The van der Waals surface area contributed by atoms with Crippen LogP contribution in [0, 0.1) is 0 Å². The summed E-state index contributed by atoms with van der Waals surface area (Å²) in [5.74, 6) is 0.976. The normalized spacial score (nSPS) is 14.0. The molecule has 10 heteroatoms. The second-order valence-corrected chi connectivity index (χ2v) is 7.08. The molecule has 0 amide bonds. The zero-order chi connectivity index (χ0) is 20.3. The van der Waals surface area contributed by atoms with Crippen LogP contribution in [0.2, 0.25) is 0 Å². The van der Waals surface area contributed by atoms with Gasteiger partial charge in [0.05, 0.1) is 13.2 Å². The van der Waals surface area contributed by atoms with E-state index in [0.717, 1.165) is 18.7 Å². The Hall–Kier alpha value is -2.72. The number of likely N-dealkylation sites (tertiary alicyclic amines) is 1. The lowest BCUT2D eigenvalue weighted by Gasteiger charge is -2.26. The third kappa shape index (κ3) is 7.60. The van der Waals surface area contributed by atoms with Crippen molar-refractivity contribution in [3.05, 3.63) is 29.8 Å². The first-order valence-corrected chi connectivity index (χ1v) is 10.3. The van der Waals surface area contributed by atoms with E-state index >= 15 is 0 Å². The van der Waals surface area contributed by atoms with Crippen molar-refractivity contribution in [3.8, 4) is 5.75 Å². The second kappa shape index (κ2) is 12.8. The number of rotatable bonds is 11. The Bertz CT molecular complexity index is 763. The molecule has 1 aromatic heterocycles. The van der Waals surface area contributed by atoms with E-state index in [4.69, 9.17) is 9.47 Å². The fraction of sp³-hybridized carbons (Fsp3) is 0.600. The largest absolute Gasteiger partial charge is 0.494 e. The smallest absolute Gasteiger partial charge is 0.327 e. The van der Waals surface area contributed by atoms with Gasteiger partial charge in [-0.1, -0.05) is 23.7 Å². The highest BCUT2D eigenvalue weighted by Crippen LogP contribution is 2.17. The number of piperidine rings is 1. The lowest BCUT2D eigenvalue weighted by atomic mass is 10.1. The number of nitrogens with zero attached hydrogens (tertiary/aromatic N) is 5. The number of carbonyl (C=O) groups is 1. The quantitative estimate of drug-likeness (QED) is 0.425. The number of hydrogen-bond donors (Lipinski definition) is 1. The van der Waals surface area contributed by atoms with E-state index in [-0.39, 0.29) is 18.0 Å². The summed E-state index contributed by atoms with van der Waals surface area (Å²) in [4.78, 5) is 14.1. The van der Waals surface area contributed by atoms with Crippen molar-refractivity contribution in [2.75, 3.05) is 38.2 Å². The van der Waals surface area contributed by atoms with Gasteiger partial charge < -0.3 is 20.3 Å². The highest BCUT2D eigenvalue weighted by Gasteiger charge is 2.11. The number of tetrazole rings is 1. The summed E-state index contributed by atoms with van der Waals surface area (Å²) in [7, 11) is 0. The third-order valence-electron chi connectivity index (χ3n) is 4.74. The highest BCUT2D eigenvalue weighted by atomic mass is 16.5. The van der Waals surface area contributed by atoms with Gasteiger partial charge in [-0.3, -0.25) is 9.69 Å². The number of carbonyl (C=O) groups excluding carboxylic acids is 1. The van der Waals surface area contributed by atoms with Gasteiger partial charge in [-0.2, -0.15) is 0 Å². The molecule has 1 aliphatic rings. The minimum atomic E-state index is -0.365. The minimum Gasteiger partial charge on any atom is -0.494 e. The van der Waals surface area contributed by atoms with E-state index in [0.29, 0.717) is 25.7 Å². The highest BCUT2D eigenvalue weighted by molar-refractivity contribution is 5.69. The molecule has 3 N–H and O–H groups in total. The monoisotopic (exact) mass is 420 g/mol. The number of nitrogens with one attached hydrogen (secondary N) is 1. The van der Waals surface area contributed by atoms with Gasteiger partial charge in [-0.05, 0) is 67.4 Å². The number of aromatic nitrogens is 4. The Labute approximate surface area is 176 Å². The Kier molecular flexibility index (Phi) is 10.0. The van der Waals surface area contributed by atoms with E-state index in [1.54, 1.807) is 6.92 Å². The van der Waals surface area contributed by atoms with Crippen molar-refractivity contribution in [2.45, 2.75) is 45.7 Å². The molecular weight excluding hydrogens is 388 g/mol. The first-order chi connectivity index (χ1) is 14.2. The first-order valence-electron chi connectivity index (χ1n) is 10.3. The Balaban J connectivity index is 0.00000320. The van der Waals surface area contributed by atoms with E-state index < -0.39 is 0 Å². The molecule has 0 bridgehead atoms. The maximum atomic E-state index is 11.6. The SMILES string of the molecule is CCOC(=O)Cn1nnnc1NCCCOc1cccc(CN2CCCCC2)c1.O. The number of esters is 1. The summed E-state index contributed by atoms with van der Waals surface area (Å²) in [5, 5.41) is 14.4. The van der Waals surface area contributed by atoms with Crippen LogP contribution in [0.5, 0.6) is 5.75 Å². The predicted molar refractivity (Wildman–Crippen MR) is 112 cm³/mol. The van der Waals surface area contributed by atoms with Crippen LogP contribution in [0.1, 0.15) is 38.2 Å². The van der Waals surface area contributed by atoms with Gasteiger partial charge >= 0.3 is 5.97 Å². The minimum absolute atomic E-state index is 0. The molecule has 1 saturated heterocycles. The third-order valence-corrected chi connectivity index (χ3v) is 4.74. The fourth-order valence-corrected chi connectivity index (χ4v) is 3.34. The van der Waals surface area contributed by atoms with Crippen molar-refractivity contribution in [3.63, 3.8) is 0 Å². The van der Waals surface area contributed by atoms with Crippen molar-refractivity contribution in [1.82, 2.24) is 25.1 Å². The molecule has 0 radical (unpaired) electrons. The van der Waals surface area contributed by atoms with Crippen LogP contribution in [0.4, 0.5) is 5.95 Å². The lowest BCUT2D eigenvalue weighted by Crippen LogP contribution is -2.29. The number of hydrogen-bond acceptors (Lipinski definition) is 8. The predicted octanol–water partition coefficient (Wildman–Crippen LogP) is 1.28. The molecule has 1 aromatic carbocycles. The van der Waals surface area contributed by atoms with Gasteiger partial charge in [-0.25, -0.2) is 4.68 Å². The molecule has 1 aliphatic heterocycles. The summed E-state index contributed by atoms with van der Waals surface area (Å²) in [5.41, 5.74) is 1.29. The zero-order valence-corrected chi connectivity index (χ0v) is 17.5. The van der Waals surface area contributed by atoms with Crippen LogP contribution < -0.4 is 10.1 Å². The molecule has 2 heterocycles. The summed E-state index contributed by atoms with van der Waals surface area (Å²) >= 11 is 0. The summed E-state index contributed by atoms with van der Waals surface area (Å²) in [6, 6.07) is 8.33. The summed E-state index contributed by atoms with van der Waals surface area (Å²) < 4.78 is 12.2. The average molecular weight is 421 g/mol. The zero-order valence-electron chi connectivity index (χ0n) is 17.5. The average Bonchev–Trinajstić information content (AvgIpc) is 3.16. The van der Waals surface area contributed by atoms with Crippen molar-refractivity contribution < 1.29 is 19.7 Å². The molecule has 3 rings (SSSR count). The molecule has 10 nitrogen and oxygen atoms in total. The van der Waals surface area contributed by atoms with Gasteiger partial charge in [0.25, 0.3) is 0 Å². The van der Waals surface area contributed by atoms with E-state index in [1.165, 1.54) is 42.6 Å². The van der Waals surface area contributed by atoms with Crippen LogP contribution in [0.25, 0.3) is 0 Å². The van der Waals surface area contributed by atoms with E-state index in [2.05, 4.69) is 43.9 Å². The van der Waals surface area contributed by atoms with Crippen LogP contribution in [-0.2, 0) is 22.6 Å².